The van der Waals surface area contributed by atoms with Gasteiger partial charge in [-0.2, -0.15) is 0 Å². The van der Waals surface area contributed by atoms with E-state index in [0.717, 1.165) is 12.3 Å². The van der Waals surface area contributed by atoms with Gasteiger partial charge in [0.15, 0.2) is 5.69 Å². The molecule has 0 aliphatic heterocycles. The van der Waals surface area contributed by atoms with Gasteiger partial charge in [-0.25, -0.2) is 9.78 Å². The molecule has 100 valence electrons. The zero-order chi connectivity index (χ0) is 13.3. The highest BCUT2D eigenvalue weighted by atomic mass is 16.5. The Morgan fingerprint density at radius 3 is 2.83 bits per heavy atom. The second-order valence-corrected chi connectivity index (χ2v) is 5.34. The van der Waals surface area contributed by atoms with Crippen LogP contribution in [0.5, 0.6) is 0 Å². The standard InChI is InChI=1S/C13H21N3O2/c1-8-4-5-10(9(2)6-8)16-7-15-11(12(16)14)13(17)18-3/h7-10H,4-6,14H2,1-3H3. The Morgan fingerprint density at radius 1 is 1.50 bits per heavy atom. The zero-order valence-corrected chi connectivity index (χ0v) is 11.2. The maximum absolute atomic E-state index is 11.5. The van der Waals surface area contributed by atoms with Gasteiger partial charge in [0, 0.05) is 6.04 Å². The molecule has 0 saturated heterocycles. The highest BCUT2D eigenvalue weighted by Crippen LogP contribution is 2.38. The topological polar surface area (TPSA) is 70.1 Å². The summed E-state index contributed by atoms with van der Waals surface area (Å²) in [7, 11) is 1.34. The van der Waals surface area contributed by atoms with E-state index in [4.69, 9.17) is 5.73 Å². The van der Waals surface area contributed by atoms with Gasteiger partial charge in [0.25, 0.3) is 0 Å². The lowest BCUT2D eigenvalue weighted by Gasteiger charge is -2.33. The van der Waals surface area contributed by atoms with Gasteiger partial charge >= 0.3 is 5.97 Å². The van der Waals surface area contributed by atoms with Crippen molar-refractivity contribution in [3.8, 4) is 0 Å². The number of imidazole rings is 1. The number of carbonyl (C=O) groups excluding carboxylic acids is 1. The largest absolute Gasteiger partial charge is 0.464 e. The van der Waals surface area contributed by atoms with Crippen LogP contribution in [0.1, 0.15) is 49.6 Å². The third-order valence-corrected chi connectivity index (χ3v) is 3.95. The highest BCUT2D eigenvalue weighted by Gasteiger charge is 2.29. The number of nitrogens with zero attached hydrogens (tertiary/aromatic N) is 2. The third kappa shape index (κ3) is 2.21. The number of hydrogen-bond acceptors (Lipinski definition) is 4. The summed E-state index contributed by atoms with van der Waals surface area (Å²) in [5, 5.41) is 0. The first-order valence-electron chi connectivity index (χ1n) is 6.45. The second-order valence-electron chi connectivity index (χ2n) is 5.34. The first-order chi connectivity index (χ1) is 8.54. The van der Waals surface area contributed by atoms with Crippen molar-refractivity contribution in [3.05, 3.63) is 12.0 Å². The Hall–Kier alpha value is -1.52. The Morgan fingerprint density at radius 2 is 2.22 bits per heavy atom. The summed E-state index contributed by atoms with van der Waals surface area (Å²) in [6, 6.07) is 0.340. The average molecular weight is 251 g/mol. The number of ether oxygens (including phenoxy) is 1. The van der Waals surface area contributed by atoms with Crippen LogP contribution in [0.25, 0.3) is 0 Å². The van der Waals surface area contributed by atoms with E-state index >= 15 is 0 Å². The number of esters is 1. The SMILES string of the molecule is COC(=O)c1ncn(C2CCC(C)CC2C)c1N. The molecule has 1 aliphatic carbocycles. The Labute approximate surface area is 107 Å². The minimum Gasteiger partial charge on any atom is -0.464 e. The molecule has 1 fully saturated rings. The molecule has 1 aliphatic rings. The molecule has 5 heteroatoms. The van der Waals surface area contributed by atoms with Gasteiger partial charge in [-0.05, 0) is 31.1 Å². The van der Waals surface area contributed by atoms with Crippen LogP contribution in [0, 0.1) is 11.8 Å². The van der Waals surface area contributed by atoms with Crippen molar-refractivity contribution in [1.29, 1.82) is 0 Å². The van der Waals surface area contributed by atoms with Gasteiger partial charge in [-0.1, -0.05) is 13.8 Å². The number of anilines is 1. The van der Waals surface area contributed by atoms with Crippen LogP contribution in [0.15, 0.2) is 6.33 Å². The van der Waals surface area contributed by atoms with Crippen LogP contribution in [0.2, 0.25) is 0 Å². The maximum Gasteiger partial charge on any atom is 0.360 e. The highest BCUT2D eigenvalue weighted by molar-refractivity contribution is 5.92. The van der Waals surface area contributed by atoms with E-state index in [2.05, 4.69) is 23.6 Å². The molecule has 3 atom stereocenters. The summed E-state index contributed by atoms with van der Waals surface area (Å²) in [5.74, 6) is 1.27. The second kappa shape index (κ2) is 5.00. The van der Waals surface area contributed by atoms with Gasteiger partial charge in [0.1, 0.15) is 5.82 Å². The fourth-order valence-electron chi connectivity index (χ4n) is 2.95. The van der Waals surface area contributed by atoms with Crippen molar-refractivity contribution in [1.82, 2.24) is 9.55 Å². The predicted octanol–water partition coefficient (Wildman–Crippen LogP) is 2.25. The van der Waals surface area contributed by atoms with Crippen molar-refractivity contribution in [2.75, 3.05) is 12.8 Å². The molecule has 1 saturated carbocycles. The van der Waals surface area contributed by atoms with E-state index < -0.39 is 5.97 Å². The molecule has 0 aromatic carbocycles. The van der Waals surface area contributed by atoms with Gasteiger partial charge in [0.2, 0.25) is 0 Å². The summed E-state index contributed by atoms with van der Waals surface area (Å²) < 4.78 is 6.60. The summed E-state index contributed by atoms with van der Waals surface area (Å²) >= 11 is 0. The molecular formula is C13H21N3O2. The monoisotopic (exact) mass is 251 g/mol. The number of methoxy groups -OCH3 is 1. The van der Waals surface area contributed by atoms with Crippen molar-refractivity contribution < 1.29 is 9.53 Å². The molecule has 2 rings (SSSR count). The fraction of sp³-hybridized carbons (Fsp3) is 0.692. The number of nitrogen functional groups attached to an aromatic ring is 1. The summed E-state index contributed by atoms with van der Waals surface area (Å²) in [5.41, 5.74) is 6.23. The van der Waals surface area contributed by atoms with Gasteiger partial charge in [0.05, 0.1) is 13.4 Å². The van der Waals surface area contributed by atoms with E-state index in [1.165, 1.54) is 20.0 Å². The third-order valence-electron chi connectivity index (χ3n) is 3.95. The lowest BCUT2D eigenvalue weighted by molar-refractivity contribution is 0.0595. The molecule has 0 spiro atoms. The van der Waals surface area contributed by atoms with Crippen molar-refractivity contribution >= 4 is 11.8 Å². The van der Waals surface area contributed by atoms with Crippen LogP contribution >= 0.6 is 0 Å². The van der Waals surface area contributed by atoms with E-state index in [1.54, 1.807) is 6.33 Å². The Balaban J connectivity index is 2.24. The number of nitrogens with two attached hydrogens (primary N) is 1. The maximum atomic E-state index is 11.5. The summed E-state index contributed by atoms with van der Waals surface area (Å²) in [6.07, 6.45) is 5.14. The molecule has 1 aromatic rings. The molecule has 0 amide bonds. The first kappa shape index (κ1) is 12.9. The van der Waals surface area contributed by atoms with Crippen molar-refractivity contribution in [2.45, 2.75) is 39.2 Å². The molecule has 5 nitrogen and oxygen atoms in total. The smallest absolute Gasteiger partial charge is 0.360 e. The normalized spacial score (nSPS) is 28.1. The Kier molecular flexibility index (Phi) is 3.59. The summed E-state index contributed by atoms with van der Waals surface area (Å²) in [6.45, 7) is 4.52. The van der Waals surface area contributed by atoms with Crippen molar-refractivity contribution in [3.63, 3.8) is 0 Å². The lowest BCUT2D eigenvalue weighted by atomic mass is 9.80. The van der Waals surface area contributed by atoms with Crippen LogP contribution in [-0.2, 0) is 4.74 Å². The number of hydrogen-bond donors (Lipinski definition) is 1. The van der Waals surface area contributed by atoms with Crippen LogP contribution < -0.4 is 5.73 Å². The molecule has 1 aromatic heterocycles. The number of rotatable bonds is 2. The van der Waals surface area contributed by atoms with Gasteiger partial charge in [-0.15, -0.1) is 0 Å². The predicted molar refractivity (Wildman–Crippen MR) is 69.2 cm³/mol. The molecule has 0 bridgehead atoms. The molecule has 18 heavy (non-hydrogen) atoms. The molecule has 2 N–H and O–H groups in total. The minimum absolute atomic E-state index is 0.225. The fourth-order valence-corrected chi connectivity index (χ4v) is 2.95. The minimum atomic E-state index is -0.469. The van der Waals surface area contributed by atoms with E-state index in [0.29, 0.717) is 17.8 Å². The quantitative estimate of drug-likeness (QED) is 0.818. The molecular weight excluding hydrogens is 230 g/mol. The lowest BCUT2D eigenvalue weighted by Crippen LogP contribution is -2.25. The van der Waals surface area contributed by atoms with Crippen LogP contribution in [-0.4, -0.2) is 22.6 Å². The van der Waals surface area contributed by atoms with Crippen LogP contribution in [0.3, 0.4) is 0 Å². The Bertz CT molecular complexity index is 441. The molecule has 1 heterocycles. The van der Waals surface area contributed by atoms with E-state index in [9.17, 15) is 4.79 Å². The first-order valence-corrected chi connectivity index (χ1v) is 6.45. The van der Waals surface area contributed by atoms with Gasteiger partial charge < -0.3 is 15.0 Å². The van der Waals surface area contributed by atoms with E-state index in [1.807, 2.05) is 4.57 Å². The molecule has 0 radical (unpaired) electrons. The summed E-state index contributed by atoms with van der Waals surface area (Å²) in [4.78, 5) is 15.6. The van der Waals surface area contributed by atoms with E-state index in [-0.39, 0.29) is 5.69 Å². The zero-order valence-electron chi connectivity index (χ0n) is 11.2. The molecule has 3 unspecified atom stereocenters. The van der Waals surface area contributed by atoms with Crippen molar-refractivity contribution in [2.24, 2.45) is 11.8 Å². The average Bonchev–Trinajstić information content (AvgIpc) is 2.70. The number of aromatic nitrogens is 2. The van der Waals surface area contributed by atoms with Crippen LogP contribution in [0.4, 0.5) is 5.82 Å². The number of carbonyl (C=O) groups is 1. The van der Waals surface area contributed by atoms with Gasteiger partial charge in [-0.3, -0.25) is 0 Å².